The van der Waals surface area contributed by atoms with Crippen LogP contribution in [0.2, 0.25) is 0 Å². The van der Waals surface area contributed by atoms with E-state index in [1.54, 1.807) is 0 Å². The van der Waals surface area contributed by atoms with Gasteiger partial charge in [-0.2, -0.15) is 0 Å². The Balaban J connectivity index is 1.69. The first-order chi connectivity index (χ1) is 9.20. The SMILES string of the molecule is CNC1CCC(N(C)C(=O)CCN2CCCC2)CC1. The Hall–Kier alpha value is -0.610. The van der Waals surface area contributed by atoms with Crippen LogP contribution in [0.4, 0.5) is 0 Å². The van der Waals surface area contributed by atoms with E-state index in [2.05, 4.69) is 10.2 Å². The fourth-order valence-corrected chi connectivity index (χ4v) is 3.39. The zero-order valence-electron chi connectivity index (χ0n) is 12.5. The quantitative estimate of drug-likeness (QED) is 0.819. The molecule has 0 radical (unpaired) electrons. The van der Waals surface area contributed by atoms with Crippen molar-refractivity contribution in [1.82, 2.24) is 15.1 Å². The molecule has 110 valence electrons. The van der Waals surface area contributed by atoms with Gasteiger partial charge in [0, 0.05) is 32.1 Å². The Morgan fingerprint density at radius 1 is 1.21 bits per heavy atom. The fourth-order valence-electron chi connectivity index (χ4n) is 3.39. The van der Waals surface area contributed by atoms with Crippen LogP contribution in [0.3, 0.4) is 0 Å². The Labute approximate surface area is 117 Å². The van der Waals surface area contributed by atoms with Gasteiger partial charge in [-0.05, 0) is 58.7 Å². The maximum Gasteiger partial charge on any atom is 0.223 e. The van der Waals surface area contributed by atoms with Gasteiger partial charge in [0.05, 0.1) is 0 Å². The highest BCUT2D eigenvalue weighted by Crippen LogP contribution is 2.22. The molecule has 0 spiro atoms. The third-order valence-corrected chi connectivity index (χ3v) is 4.89. The predicted molar refractivity (Wildman–Crippen MR) is 78.2 cm³/mol. The number of nitrogens with zero attached hydrogens (tertiary/aromatic N) is 2. The second-order valence-corrected chi connectivity index (χ2v) is 6.10. The number of likely N-dealkylation sites (tertiary alicyclic amines) is 1. The van der Waals surface area contributed by atoms with Crippen LogP contribution < -0.4 is 5.32 Å². The van der Waals surface area contributed by atoms with Crippen LogP contribution in [0.1, 0.15) is 44.9 Å². The maximum atomic E-state index is 12.2. The molecule has 2 rings (SSSR count). The van der Waals surface area contributed by atoms with E-state index in [9.17, 15) is 4.79 Å². The van der Waals surface area contributed by atoms with Crippen molar-refractivity contribution >= 4 is 5.91 Å². The van der Waals surface area contributed by atoms with E-state index >= 15 is 0 Å². The first kappa shape index (κ1) is 14.8. The number of carbonyl (C=O) groups excluding carboxylic acids is 1. The number of nitrogens with one attached hydrogen (secondary N) is 1. The molecule has 1 amide bonds. The molecule has 19 heavy (non-hydrogen) atoms. The summed E-state index contributed by atoms with van der Waals surface area (Å²) in [4.78, 5) is 16.7. The van der Waals surface area contributed by atoms with Gasteiger partial charge in [0.2, 0.25) is 5.91 Å². The number of amides is 1. The fraction of sp³-hybridized carbons (Fsp3) is 0.933. The number of hydrogen-bond donors (Lipinski definition) is 1. The summed E-state index contributed by atoms with van der Waals surface area (Å²) in [5, 5.41) is 3.34. The van der Waals surface area contributed by atoms with E-state index < -0.39 is 0 Å². The van der Waals surface area contributed by atoms with E-state index in [0.29, 0.717) is 24.4 Å². The molecule has 1 aliphatic carbocycles. The average molecular weight is 267 g/mol. The zero-order valence-corrected chi connectivity index (χ0v) is 12.5. The van der Waals surface area contributed by atoms with Gasteiger partial charge in [0.1, 0.15) is 0 Å². The molecule has 2 fully saturated rings. The predicted octanol–water partition coefficient (Wildman–Crippen LogP) is 1.46. The summed E-state index contributed by atoms with van der Waals surface area (Å²) in [7, 11) is 4.03. The molecule has 1 heterocycles. The lowest BCUT2D eigenvalue weighted by Crippen LogP contribution is -2.43. The van der Waals surface area contributed by atoms with Crippen molar-refractivity contribution in [3.8, 4) is 0 Å². The van der Waals surface area contributed by atoms with Crippen molar-refractivity contribution in [3.05, 3.63) is 0 Å². The molecule has 1 aliphatic heterocycles. The van der Waals surface area contributed by atoms with Crippen LogP contribution in [0.25, 0.3) is 0 Å². The molecule has 0 aromatic rings. The standard InChI is InChI=1S/C15H29N3O/c1-16-13-5-7-14(8-6-13)17(2)15(19)9-12-18-10-3-4-11-18/h13-14,16H,3-12H2,1-2H3. The summed E-state index contributed by atoms with van der Waals surface area (Å²) >= 11 is 0. The molecule has 4 nitrogen and oxygen atoms in total. The van der Waals surface area contributed by atoms with Crippen LogP contribution in [0.5, 0.6) is 0 Å². The number of carbonyl (C=O) groups is 1. The van der Waals surface area contributed by atoms with Crippen molar-refractivity contribution in [3.63, 3.8) is 0 Å². The minimum absolute atomic E-state index is 0.333. The Bertz CT molecular complexity index is 281. The Morgan fingerprint density at radius 2 is 1.84 bits per heavy atom. The maximum absolute atomic E-state index is 12.2. The average Bonchev–Trinajstić information content (AvgIpc) is 2.97. The van der Waals surface area contributed by atoms with Gasteiger partial charge >= 0.3 is 0 Å². The van der Waals surface area contributed by atoms with Crippen LogP contribution in [0, 0.1) is 0 Å². The lowest BCUT2D eigenvalue weighted by Gasteiger charge is -2.35. The number of hydrogen-bond acceptors (Lipinski definition) is 3. The molecule has 0 atom stereocenters. The minimum Gasteiger partial charge on any atom is -0.343 e. The van der Waals surface area contributed by atoms with Gasteiger partial charge in [-0.1, -0.05) is 0 Å². The second kappa shape index (κ2) is 7.25. The van der Waals surface area contributed by atoms with Gasteiger partial charge in [0.15, 0.2) is 0 Å². The highest BCUT2D eigenvalue weighted by atomic mass is 16.2. The molecular weight excluding hydrogens is 238 g/mol. The zero-order chi connectivity index (χ0) is 13.7. The van der Waals surface area contributed by atoms with E-state index in [1.165, 1.54) is 38.8 Å². The van der Waals surface area contributed by atoms with Gasteiger partial charge in [0.25, 0.3) is 0 Å². The van der Waals surface area contributed by atoms with Crippen molar-refractivity contribution < 1.29 is 4.79 Å². The molecule has 1 N–H and O–H groups in total. The van der Waals surface area contributed by atoms with E-state index in [1.807, 2.05) is 19.0 Å². The summed E-state index contributed by atoms with van der Waals surface area (Å²) in [6.07, 6.45) is 8.00. The molecule has 1 saturated carbocycles. The highest BCUT2D eigenvalue weighted by Gasteiger charge is 2.26. The molecule has 1 saturated heterocycles. The lowest BCUT2D eigenvalue weighted by molar-refractivity contribution is -0.132. The molecule has 0 aromatic heterocycles. The molecular formula is C15H29N3O. The van der Waals surface area contributed by atoms with Crippen LogP contribution in [0.15, 0.2) is 0 Å². The van der Waals surface area contributed by atoms with Gasteiger partial charge in [-0.25, -0.2) is 0 Å². The van der Waals surface area contributed by atoms with E-state index in [-0.39, 0.29) is 0 Å². The smallest absolute Gasteiger partial charge is 0.223 e. The largest absolute Gasteiger partial charge is 0.343 e. The molecule has 0 aromatic carbocycles. The Kier molecular flexibility index (Phi) is 5.64. The molecule has 2 aliphatic rings. The first-order valence-electron chi connectivity index (χ1n) is 7.86. The van der Waals surface area contributed by atoms with Gasteiger partial charge in [-0.15, -0.1) is 0 Å². The van der Waals surface area contributed by atoms with Gasteiger partial charge in [-0.3, -0.25) is 4.79 Å². The highest BCUT2D eigenvalue weighted by molar-refractivity contribution is 5.76. The monoisotopic (exact) mass is 267 g/mol. The summed E-state index contributed by atoms with van der Waals surface area (Å²) in [5.41, 5.74) is 0. The summed E-state index contributed by atoms with van der Waals surface area (Å²) < 4.78 is 0. The van der Waals surface area contributed by atoms with E-state index in [4.69, 9.17) is 0 Å². The summed E-state index contributed by atoms with van der Waals surface area (Å²) in [6, 6.07) is 1.13. The van der Waals surface area contributed by atoms with Crippen LogP contribution in [-0.2, 0) is 4.79 Å². The summed E-state index contributed by atoms with van der Waals surface area (Å²) in [6.45, 7) is 3.32. The topological polar surface area (TPSA) is 35.6 Å². The second-order valence-electron chi connectivity index (χ2n) is 6.10. The normalized spacial score (nSPS) is 28.5. The lowest BCUT2D eigenvalue weighted by atomic mass is 9.90. The summed E-state index contributed by atoms with van der Waals surface area (Å²) in [5.74, 6) is 0.333. The van der Waals surface area contributed by atoms with Crippen LogP contribution >= 0.6 is 0 Å². The van der Waals surface area contributed by atoms with Crippen LogP contribution in [-0.4, -0.2) is 61.5 Å². The molecule has 0 unspecified atom stereocenters. The minimum atomic E-state index is 0.333. The van der Waals surface area contributed by atoms with Gasteiger partial charge < -0.3 is 15.1 Å². The molecule has 0 bridgehead atoms. The first-order valence-corrected chi connectivity index (χ1v) is 7.86. The van der Waals surface area contributed by atoms with Crippen molar-refractivity contribution in [2.45, 2.75) is 57.0 Å². The third-order valence-electron chi connectivity index (χ3n) is 4.89. The van der Waals surface area contributed by atoms with E-state index in [0.717, 1.165) is 19.4 Å². The number of rotatable bonds is 5. The van der Waals surface area contributed by atoms with Crippen molar-refractivity contribution in [1.29, 1.82) is 0 Å². The molecule has 4 heteroatoms. The van der Waals surface area contributed by atoms with Crippen molar-refractivity contribution in [2.75, 3.05) is 33.7 Å². The van der Waals surface area contributed by atoms with Crippen molar-refractivity contribution in [2.24, 2.45) is 0 Å². The Morgan fingerprint density at radius 3 is 2.42 bits per heavy atom. The third kappa shape index (κ3) is 4.18.